The van der Waals surface area contributed by atoms with Gasteiger partial charge >= 0.3 is 16.5 Å². The SMILES string of the molecule is [Ni+4].[S-]c1ccccc1[S-].[S-]c1ccccc1[S-]. The Labute approximate surface area is 134 Å². The smallest absolute Gasteiger partial charge is 0.781 e. The van der Waals surface area contributed by atoms with E-state index in [4.69, 9.17) is 50.5 Å². The molecule has 5 heteroatoms. The molecular formula is C12H8NiS4. The van der Waals surface area contributed by atoms with Crippen molar-refractivity contribution in [1.82, 2.24) is 0 Å². The molecule has 2 rings (SSSR count). The molecule has 2 aromatic rings. The van der Waals surface area contributed by atoms with E-state index in [0.29, 0.717) is 0 Å². The van der Waals surface area contributed by atoms with E-state index in [1.165, 1.54) is 0 Å². The van der Waals surface area contributed by atoms with Crippen LogP contribution in [0.5, 0.6) is 0 Å². The van der Waals surface area contributed by atoms with Crippen LogP contribution in [-0.2, 0) is 67.0 Å². The van der Waals surface area contributed by atoms with Crippen LogP contribution in [0.3, 0.4) is 0 Å². The largest absolute Gasteiger partial charge is 4.00 e. The molecule has 0 fully saturated rings. The fraction of sp³-hybridized carbons (Fsp3) is 0. The van der Waals surface area contributed by atoms with Gasteiger partial charge in [0, 0.05) is 0 Å². The van der Waals surface area contributed by atoms with E-state index in [2.05, 4.69) is 0 Å². The van der Waals surface area contributed by atoms with Gasteiger partial charge in [-0.3, -0.25) is 0 Å². The Bertz CT molecular complexity index is 374. The second-order valence-corrected chi connectivity index (χ2v) is 4.65. The van der Waals surface area contributed by atoms with E-state index < -0.39 is 0 Å². The van der Waals surface area contributed by atoms with Gasteiger partial charge in [0.1, 0.15) is 0 Å². The first-order valence-corrected chi connectivity index (χ1v) is 6.10. The molecule has 0 bridgehead atoms. The van der Waals surface area contributed by atoms with Crippen molar-refractivity contribution in [3.63, 3.8) is 0 Å². The van der Waals surface area contributed by atoms with E-state index in [1.807, 2.05) is 48.5 Å². The molecule has 0 aliphatic rings. The minimum absolute atomic E-state index is 0. The predicted octanol–water partition coefficient (Wildman–Crippen LogP) is 2.99. The minimum Gasteiger partial charge on any atom is -0.781 e. The second-order valence-electron chi connectivity index (χ2n) is 2.89. The molecule has 0 aromatic heterocycles. The third kappa shape index (κ3) is 6.34. The van der Waals surface area contributed by atoms with E-state index in [1.54, 1.807) is 0 Å². The zero-order chi connectivity index (χ0) is 12.0. The second kappa shape index (κ2) is 8.84. The van der Waals surface area contributed by atoms with Crippen LogP contribution in [0.4, 0.5) is 0 Å². The fourth-order valence-corrected chi connectivity index (χ4v) is 1.49. The molecule has 0 nitrogen and oxygen atoms in total. The number of hydrogen-bond acceptors (Lipinski definition) is 4. The Morgan fingerprint density at radius 2 is 0.647 bits per heavy atom. The third-order valence-electron chi connectivity index (χ3n) is 1.70. The average Bonchev–Trinajstić information content (AvgIpc) is 2.28. The molecule has 0 N–H and O–H groups in total. The van der Waals surface area contributed by atoms with Crippen LogP contribution in [0.2, 0.25) is 0 Å². The van der Waals surface area contributed by atoms with Crippen molar-refractivity contribution in [1.29, 1.82) is 0 Å². The summed E-state index contributed by atoms with van der Waals surface area (Å²) in [7, 11) is 0. The van der Waals surface area contributed by atoms with Gasteiger partial charge in [0.2, 0.25) is 0 Å². The molecule has 0 atom stereocenters. The Morgan fingerprint density at radius 1 is 0.471 bits per heavy atom. The van der Waals surface area contributed by atoms with Gasteiger partial charge in [0.05, 0.1) is 0 Å². The monoisotopic (exact) mass is 338 g/mol. The zero-order valence-corrected chi connectivity index (χ0v) is 12.8. The summed E-state index contributed by atoms with van der Waals surface area (Å²) < 4.78 is 0. The Hall–Kier alpha value is -0.186. The molecule has 2 aromatic carbocycles. The minimum atomic E-state index is 0. The molecule has 0 saturated heterocycles. The maximum absolute atomic E-state index is 4.85. The van der Waals surface area contributed by atoms with Gasteiger partial charge in [-0.2, -0.15) is 19.6 Å². The summed E-state index contributed by atoms with van der Waals surface area (Å²) in [5.74, 6) is 0. The Kier molecular flexibility index (Phi) is 8.74. The van der Waals surface area contributed by atoms with Crippen molar-refractivity contribution in [3.05, 3.63) is 48.5 Å². The maximum atomic E-state index is 4.85. The van der Waals surface area contributed by atoms with Crippen molar-refractivity contribution in [2.24, 2.45) is 0 Å². The number of rotatable bonds is 0. The Morgan fingerprint density at radius 3 is 0.765 bits per heavy atom. The van der Waals surface area contributed by atoms with Gasteiger partial charge in [-0.15, -0.1) is 0 Å². The molecule has 0 spiro atoms. The maximum Gasteiger partial charge on any atom is 4.00 e. The summed E-state index contributed by atoms with van der Waals surface area (Å²) >= 11 is 19.4. The molecule has 90 valence electrons. The summed E-state index contributed by atoms with van der Waals surface area (Å²) in [6.45, 7) is 0. The molecule has 0 unspecified atom stereocenters. The van der Waals surface area contributed by atoms with E-state index >= 15 is 0 Å². The number of hydrogen-bond donors (Lipinski definition) is 0. The van der Waals surface area contributed by atoms with Gasteiger partial charge < -0.3 is 50.5 Å². The van der Waals surface area contributed by atoms with E-state index in [0.717, 1.165) is 19.6 Å². The van der Waals surface area contributed by atoms with Crippen LogP contribution in [0.15, 0.2) is 68.1 Å². The molecule has 0 radical (unpaired) electrons. The summed E-state index contributed by atoms with van der Waals surface area (Å²) in [5, 5.41) is 0. The van der Waals surface area contributed by atoms with E-state index in [-0.39, 0.29) is 16.5 Å². The van der Waals surface area contributed by atoms with Crippen molar-refractivity contribution in [2.45, 2.75) is 19.6 Å². The molecule has 0 aliphatic carbocycles. The fourth-order valence-electron chi connectivity index (χ4n) is 0.900. The van der Waals surface area contributed by atoms with Crippen LogP contribution in [0.25, 0.3) is 0 Å². The number of benzene rings is 2. The molecular weight excluding hydrogens is 331 g/mol. The first-order valence-electron chi connectivity index (χ1n) is 4.47. The van der Waals surface area contributed by atoms with Crippen molar-refractivity contribution >= 4 is 50.5 Å². The van der Waals surface area contributed by atoms with Crippen LogP contribution in [0, 0.1) is 0 Å². The predicted molar refractivity (Wildman–Crippen MR) is 75.4 cm³/mol. The standard InChI is InChI=1S/2C6H6S2.Ni/c2*7-5-3-1-2-4-6(5)8;/h2*1-4,7-8H;/q;;+4/p-4. The summed E-state index contributed by atoms with van der Waals surface area (Å²) in [5.41, 5.74) is 0. The third-order valence-corrected chi connectivity index (χ3v) is 3.38. The molecule has 0 saturated carbocycles. The Balaban J connectivity index is 0.000000284. The first kappa shape index (κ1) is 16.8. The van der Waals surface area contributed by atoms with Crippen molar-refractivity contribution in [2.75, 3.05) is 0 Å². The van der Waals surface area contributed by atoms with Crippen molar-refractivity contribution < 1.29 is 16.5 Å². The van der Waals surface area contributed by atoms with Gasteiger partial charge in [-0.1, -0.05) is 48.5 Å². The summed E-state index contributed by atoms with van der Waals surface area (Å²) in [4.78, 5) is 3.06. The molecule has 17 heavy (non-hydrogen) atoms. The van der Waals surface area contributed by atoms with Gasteiger partial charge in [-0.25, -0.2) is 0 Å². The zero-order valence-electron chi connectivity index (χ0n) is 8.57. The summed E-state index contributed by atoms with van der Waals surface area (Å²) in [6.07, 6.45) is 0. The molecule has 0 aliphatic heterocycles. The van der Waals surface area contributed by atoms with Gasteiger partial charge in [0.15, 0.2) is 0 Å². The van der Waals surface area contributed by atoms with Gasteiger partial charge in [0.25, 0.3) is 0 Å². The first-order chi connectivity index (χ1) is 7.61. The van der Waals surface area contributed by atoms with E-state index in [9.17, 15) is 0 Å². The quantitative estimate of drug-likeness (QED) is 0.534. The summed E-state index contributed by atoms with van der Waals surface area (Å²) in [6, 6.07) is 14.9. The molecule has 0 amide bonds. The molecule has 0 heterocycles. The topological polar surface area (TPSA) is 0 Å². The van der Waals surface area contributed by atoms with Crippen LogP contribution in [-0.4, -0.2) is 0 Å². The van der Waals surface area contributed by atoms with Crippen LogP contribution < -0.4 is 0 Å². The van der Waals surface area contributed by atoms with Crippen LogP contribution >= 0.6 is 0 Å². The van der Waals surface area contributed by atoms with Gasteiger partial charge in [-0.05, 0) is 0 Å². The normalized spacial score (nSPS) is 8.47. The average molecular weight is 339 g/mol. The van der Waals surface area contributed by atoms with Crippen molar-refractivity contribution in [3.8, 4) is 0 Å². The van der Waals surface area contributed by atoms with Crippen LogP contribution in [0.1, 0.15) is 0 Å².